The first kappa shape index (κ1) is 37.3. The lowest BCUT2D eigenvalue weighted by molar-refractivity contribution is 0.0485. The second-order valence-electron chi connectivity index (χ2n) is 14.1. The van der Waals surface area contributed by atoms with Crippen molar-refractivity contribution < 1.29 is 43.2 Å². The van der Waals surface area contributed by atoms with Crippen LogP contribution < -0.4 is 29.6 Å². The summed E-state index contributed by atoms with van der Waals surface area (Å²) < 4.78 is 29.1. The number of unbranched alkanes of at least 4 members (excludes halogenated alkanes) is 2. The van der Waals surface area contributed by atoms with Gasteiger partial charge in [0.15, 0.2) is 29.2 Å². The second kappa shape index (κ2) is 15.8. The third-order valence-corrected chi connectivity index (χ3v) is 10.2. The number of aliphatic hydroxyl groups is 1. The Morgan fingerprint density at radius 1 is 0.836 bits per heavy atom. The summed E-state index contributed by atoms with van der Waals surface area (Å²) in [5.74, 6) is 1.08. The number of aliphatic imine (C=N–C) groups is 1. The molecule has 3 N–H and O–H groups in total. The van der Waals surface area contributed by atoms with Crippen molar-refractivity contribution in [3.05, 3.63) is 89.5 Å². The number of nitrogen functional groups attached to an aromatic ring is 1. The molecule has 0 unspecified atom stereocenters. The molecule has 2 saturated heterocycles. The Morgan fingerprint density at radius 2 is 1.45 bits per heavy atom. The minimum Gasteiger partial charge on any atom is -0.493 e. The number of methoxy groups -OCH3 is 2. The molecule has 7 rings (SSSR count). The van der Waals surface area contributed by atoms with Crippen LogP contribution in [-0.4, -0.2) is 97.9 Å². The molecule has 14 heteroatoms. The van der Waals surface area contributed by atoms with E-state index in [0.29, 0.717) is 90.9 Å². The van der Waals surface area contributed by atoms with Crippen LogP contribution in [0.2, 0.25) is 0 Å². The van der Waals surface area contributed by atoms with Gasteiger partial charge in [0.2, 0.25) is 0 Å². The van der Waals surface area contributed by atoms with Gasteiger partial charge in [0, 0.05) is 37.1 Å². The predicted octanol–water partition coefficient (Wildman–Crippen LogP) is 5.65. The minimum absolute atomic E-state index is 0.0707. The number of nitrogens with two attached hydrogens (primary N) is 1. The number of ether oxygens (including phenoxy) is 5. The molecule has 4 heterocycles. The number of rotatable bonds is 12. The molecule has 2 fully saturated rings. The van der Waals surface area contributed by atoms with E-state index in [1.165, 1.54) is 31.3 Å². The number of amides is 3. The van der Waals surface area contributed by atoms with Gasteiger partial charge >= 0.3 is 6.09 Å². The Morgan fingerprint density at radius 3 is 2.15 bits per heavy atom. The van der Waals surface area contributed by atoms with E-state index in [-0.39, 0.29) is 42.3 Å². The lowest BCUT2D eigenvalue weighted by atomic mass is 10.1. The number of anilines is 2. The van der Waals surface area contributed by atoms with Gasteiger partial charge in [-0.25, -0.2) is 9.69 Å². The van der Waals surface area contributed by atoms with Gasteiger partial charge in [-0.05, 0) is 61.9 Å². The van der Waals surface area contributed by atoms with Crippen LogP contribution in [0.3, 0.4) is 0 Å². The molecular weight excluding hydrogens is 706 g/mol. The summed E-state index contributed by atoms with van der Waals surface area (Å²) >= 11 is 0. The number of aliphatic hydroxyl groups excluding tert-OH is 1. The highest BCUT2D eigenvalue weighted by Crippen LogP contribution is 2.42. The van der Waals surface area contributed by atoms with Crippen LogP contribution in [0.15, 0.2) is 77.8 Å². The predicted molar refractivity (Wildman–Crippen MR) is 206 cm³/mol. The van der Waals surface area contributed by atoms with Gasteiger partial charge in [0.1, 0.15) is 6.61 Å². The van der Waals surface area contributed by atoms with Crippen molar-refractivity contribution in [2.45, 2.75) is 57.0 Å². The van der Waals surface area contributed by atoms with Gasteiger partial charge < -0.3 is 44.3 Å². The van der Waals surface area contributed by atoms with Crippen LogP contribution in [0.4, 0.5) is 21.9 Å². The van der Waals surface area contributed by atoms with Crippen LogP contribution in [0.25, 0.3) is 0 Å². The Hall–Kier alpha value is -6.02. The summed E-state index contributed by atoms with van der Waals surface area (Å²) in [7, 11) is 3.01. The second-order valence-corrected chi connectivity index (χ2v) is 14.1. The van der Waals surface area contributed by atoms with Crippen molar-refractivity contribution in [3.63, 3.8) is 0 Å². The standard InChI is InChI=1S/C41H45N5O9/c1-24-14-28-20-43-31-18-36(34(51-3)16-29(31)38(47)44(28)21-24)53-12-6-5-7-13-54-37-19-32-30(17-35(37)52-4)39(48)45-22-25(2)15-33(45)40(49)46(32)41(50)55-23-26-8-10-27(42)11-9-26/h8-11,16-20,28,33,40,49H,1-2,5-7,12-15,21-23,42H2,3-4H3/t28-,33-,40-/m0/s1. The van der Waals surface area contributed by atoms with Crippen molar-refractivity contribution in [2.24, 2.45) is 4.99 Å². The number of fused-ring (bicyclic) bond motifs is 4. The summed E-state index contributed by atoms with van der Waals surface area (Å²) in [6.07, 6.45) is 2.68. The Kier molecular flexibility index (Phi) is 10.7. The molecule has 0 spiro atoms. The van der Waals surface area contributed by atoms with Crippen LogP contribution in [0.5, 0.6) is 23.0 Å². The number of hydrogen-bond acceptors (Lipinski definition) is 11. The Bertz CT molecular complexity index is 2050. The number of nitrogens with zero attached hydrogens (tertiary/aromatic N) is 4. The van der Waals surface area contributed by atoms with Gasteiger partial charge in [-0.1, -0.05) is 36.4 Å². The zero-order valence-corrected chi connectivity index (χ0v) is 31.0. The summed E-state index contributed by atoms with van der Waals surface area (Å²) in [4.78, 5) is 49.9. The fourth-order valence-electron chi connectivity index (χ4n) is 7.36. The van der Waals surface area contributed by atoms with Gasteiger partial charge in [0.25, 0.3) is 11.8 Å². The molecule has 0 aromatic heterocycles. The van der Waals surface area contributed by atoms with Gasteiger partial charge in [0.05, 0.1) is 62.0 Å². The normalized spacial score (nSPS) is 20.0. The average molecular weight is 752 g/mol. The van der Waals surface area contributed by atoms with Gasteiger partial charge in [-0.15, -0.1) is 0 Å². The maximum atomic E-state index is 13.9. The van der Waals surface area contributed by atoms with Crippen molar-refractivity contribution >= 4 is 41.2 Å². The van der Waals surface area contributed by atoms with E-state index >= 15 is 0 Å². The molecule has 3 aromatic rings. The highest BCUT2D eigenvalue weighted by Gasteiger charge is 2.46. The number of hydrogen-bond donors (Lipinski definition) is 2. The molecule has 0 bridgehead atoms. The molecule has 55 heavy (non-hydrogen) atoms. The third kappa shape index (κ3) is 7.54. The SMILES string of the molecule is C=C1C[C@H]2C=Nc3cc(OCCCCCOc4cc5c(cc4OC)C(=O)N4CC(=C)C[C@H]4[C@H](O)N5C(=O)OCc4ccc(N)cc4)c(OC)cc3C(=O)N2C1. The van der Waals surface area contributed by atoms with Gasteiger partial charge in [-0.2, -0.15) is 0 Å². The molecule has 0 radical (unpaired) electrons. The lowest BCUT2D eigenvalue weighted by Gasteiger charge is -2.31. The van der Waals surface area contributed by atoms with Crippen molar-refractivity contribution in [1.29, 1.82) is 0 Å². The molecule has 3 amide bonds. The smallest absolute Gasteiger partial charge is 0.416 e. The fraction of sp³-hybridized carbons (Fsp3) is 0.366. The molecule has 3 atom stereocenters. The largest absolute Gasteiger partial charge is 0.493 e. The van der Waals surface area contributed by atoms with E-state index in [4.69, 9.17) is 29.4 Å². The molecule has 0 saturated carbocycles. The van der Waals surface area contributed by atoms with E-state index < -0.39 is 18.4 Å². The van der Waals surface area contributed by atoms with E-state index in [2.05, 4.69) is 18.2 Å². The summed E-state index contributed by atoms with van der Waals surface area (Å²) in [5, 5.41) is 11.6. The highest BCUT2D eigenvalue weighted by atomic mass is 16.6. The zero-order valence-electron chi connectivity index (χ0n) is 31.0. The summed E-state index contributed by atoms with van der Waals surface area (Å²) in [6, 6.07) is 12.6. The van der Waals surface area contributed by atoms with E-state index in [1.54, 1.807) is 47.5 Å². The van der Waals surface area contributed by atoms with Gasteiger partial charge in [-0.3, -0.25) is 14.6 Å². The van der Waals surface area contributed by atoms with E-state index in [9.17, 15) is 19.5 Å². The van der Waals surface area contributed by atoms with Crippen LogP contribution in [-0.2, 0) is 11.3 Å². The maximum Gasteiger partial charge on any atom is 0.416 e. The molecule has 288 valence electrons. The van der Waals surface area contributed by atoms with Crippen LogP contribution >= 0.6 is 0 Å². The van der Waals surface area contributed by atoms with Crippen LogP contribution in [0, 0.1) is 0 Å². The third-order valence-electron chi connectivity index (χ3n) is 10.2. The highest BCUT2D eigenvalue weighted by molar-refractivity contribution is 6.06. The first-order chi connectivity index (χ1) is 26.6. The summed E-state index contributed by atoms with van der Waals surface area (Å²) in [5.41, 5.74) is 10.2. The minimum atomic E-state index is -1.41. The summed E-state index contributed by atoms with van der Waals surface area (Å²) in [6.45, 7) is 9.43. The average Bonchev–Trinajstić information content (AvgIpc) is 3.72. The monoisotopic (exact) mass is 751 g/mol. The molecule has 0 aliphatic carbocycles. The first-order valence-corrected chi connectivity index (χ1v) is 18.2. The topological polar surface area (TPSA) is 166 Å². The molecule has 14 nitrogen and oxygen atoms in total. The Balaban J connectivity index is 1.00. The first-order valence-electron chi connectivity index (χ1n) is 18.2. The van der Waals surface area contributed by atoms with E-state index in [0.717, 1.165) is 22.5 Å². The zero-order chi connectivity index (χ0) is 38.8. The number of carbonyl (C=O) groups excluding carboxylic acids is 3. The fourth-order valence-corrected chi connectivity index (χ4v) is 7.36. The maximum absolute atomic E-state index is 13.9. The molecule has 4 aliphatic rings. The quantitative estimate of drug-likeness (QED) is 0.134. The van der Waals surface area contributed by atoms with Crippen molar-refractivity contribution in [3.8, 4) is 23.0 Å². The van der Waals surface area contributed by atoms with Crippen molar-refractivity contribution in [2.75, 3.05) is 51.2 Å². The molecule has 3 aromatic carbocycles. The van der Waals surface area contributed by atoms with Crippen molar-refractivity contribution in [1.82, 2.24) is 9.80 Å². The Labute approximate surface area is 319 Å². The lowest BCUT2D eigenvalue weighted by Crippen LogP contribution is -2.50. The molecule has 4 aliphatic heterocycles. The van der Waals surface area contributed by atoms with E-state index in [1.807, 2.05) is 0 Å². The number of carbonyl (C=O) groups is 3. The van der Waals surface area contributed by atoms with Crippen LogP contribution in [0.1, 0.15) is 58.4 Å². The number of benzene rings is 3. The molecular formula is C41H45N5O9.